The molecule has 8 nitrogen and oxygen atoms in total. The molecule has 2 aromatic rings. The second-order valence-electron chi connectivity index (χ2n) is 4.37. The van der Waals surface area contributed by atoms with Gasteiger partial charge in [-0.2, -0.15) is 0 Å². The molecule has 2 N–H and O–H groups in total. The van der Waals surface area contributed by atoms with Gasteiger partial charge in [-0.15, -0.1) is 5.10 Å². The first-order chi connectivity index (χ1) is 9.67. The number of nitrogens with one attached hydrogen (secondary N) is 2. The lowest BCUT2D eigenvalue weighted by Crippen LogP contribution is -2.15. The van der Waals surface area contributed by atoms with Crippen LogP contribution in [0.3, 0.4) is 0 Å². The van der Waals surface area contributed by atoms with E-state index in [4.69, 9.17) is 4.52 Å². The SMILES string of the molecule is CCNCc1cn(CCC(=O)Nc2cc(C)on2)nn1. The maximum Gasteiger partial charge on any atom is 0.227 e. The summed E-state index contributed by atoms with van der Waals surface area (Å²) in [4.78, 5) is 11.7. The molecule has 0 atom stereocenters. The van der Waals surface area contributed by atoms with Gasteiger partial charge in [-0.1, -0.05) is 17.3 Å². The smallest absolute Gasteiger partial charge is 0.227 e. The van der Waals surface area contributed by atoms with Gasteiger partial charge in [0.1, 0.15) is 5.76 Å². The van der Waals surface area contributed by atoms with Gasteiger partial charge in [0.05, 0.1) is 12.2 Å². The number of aryl methyl sites for hydroxylation is 2. The highest BCUT2D eigenvalue weighted by Crippen LogP contribution is 2.07. The van der Waals surface area contributed by atoms with Crippen LogP contribution >= 0.6 is 0 Å². The van der Waals surface area contributed by atoms with E-state index in [9.17, 15) is 4.79 Å². The van der Waals surface area contributed by atoms with Crippen LogP contribution in [0.4, 0.5) is 5.82 Å². The highest BCUT2D eigenvalue weighted by atomic mass is 16.5. The summed E-state index contributed by atoms with van der Waals surface area (Å²) in [5.74, 6) is 0.950. The summed E-state index contributed by atoms with van der Waals surface area (Å²) in [5.41, 5.74) is 0.861. The van der Waals surface area contributed by atoms with E-state index in [1.54, 1.807) is 17.7 Å². The van der Waals surface area contributed by atoms with E-state index in [-0.39, 0.29) is 5.91 Å². The molecule has 1 amide bonds. The Hall–Kier alpha value is -2.22. The lowest BCUT2D eigenvalue weighted by Gasteiger charge is -2.01. The highest BCUT2D eigenvalue weighted by Gasteiger charge is 2.07. The third-order valence-corrected chi connectivity index (χ3v) is 2.61. The van der Waals surface area contributed by atoms with Gasteiger partial charge in [-0.3, -0.25) is 9.48 Å². The van der Waals surface area contributed by atoms with Crippen molar-refractivity contribution in [3.63, 3.8) is 0 Å². The molecule has 0 spiro atoms. The van der Waals surface area contributed by atoms with Gasteiger partial charge in [0.15, 0.2) is 5.82 Å². The molecular weight excluding hydrogens is 260 g/mol. The average Bonchev–Trinajstić information content (AvgIpc) is 3.03. The number of hydrogen-bond acceptors (Lipinski definition) is 6. The number of carbonyl (C=O) groups is 1. The lowest BCUT2D eigenvalue weighted by atomic mass is 10.4. The number of aromatic nitrogens is 4. The Morgan fingerprint density at radius 1 is 1.50 bits per heavy atom. The van der Waals surface area contributed by atoms with Crippen molar-refractivity contribution in [2.24, 2.45) is 0 Å². The molecule has 0 aliphatic carbocycles. The summed E-state index contributed by atoms with van der Waals surface area (Å²) in [5, 5.41) is 17.5. The zero-order valence-electron chi connectivity index (χ0n) is 11.6. The zero-order chi connectivity index (χ0) is 14.4. The third kappa shape index (κ3) is 4.16. The second kappa shape index (κ2) is 6.80. The fraction of sp³-hybridized carbons (Fsp3) is 0.500. The van der Waals surface area contributed by atoms with E-state index in [0.29, 0.717) is 31.1 Å². The summed E-state index contributed by atoms with van der Waals surface area (Å²) in [6, 6.07) is 1.67. The maximum absolute atomic E-state index is 11.7. The number of nitrogens with zero attached hydrogens (tertiary/aromatic N) is 4. The van der Waals surface area contributed by atoms with Gasteiger partial charge in [0.25, 0.3) is 0 Å². The van der Waals surface area contributed by atoms with E-state index < -0.39 is 0 Å². The first kappa shape index (κ1) is 14.2. The molecule has 0 aliphatic heterocycles. The molecule has 0 radical (unpaired) electrons. The first-order valence-electron chi connectivity index (χ1n) is 6.50. The van der Waals surface area contributed by atoms with Crippen LogP contribution in [0.15, 0.2) is 16.8 Å². The van der Waals surface area contributed by atoms with Crippen LogP contribution in [-0.2, 0) is 17.9 Å². The third-order valence-electron chi connectivity index (χ3n) is 2.61. The summed E-state index contributed by atoms with van der Waals surface area (Å²) < 4.78 is 6.52. The first-order valence-corrected chi connectivity index (χ1v) is 6.50. The molecule has 8 heteroatoms. The van der Waals surface area contributed by atoms with Crippen LogP contribution in [0.25, 0.3) is 0 Å². The van der Waals surface area contributed by atoms with E-state index in [1.165, 1.54) is 0 Å². The molecular formula is C12H18N6O2. The Balaban J connectivity index is 1.76. The number of rotatable bonds is 7. The monoisotopic (exact) mass is 278 g/mol. The van der Waals surface area contributed by atoms with Crippen molar-refractivity contribution in [2.75, 3.05) is 11.9 Å². The van der Waals surface area contributed by atoms with E-state index >= 15 is 0 Å². The molecule has 0 bridgehead atoms. The van der Waals surface area contributed by atoms with E-state index in [0.717, 1.165) is 12.2 Å². The quantitative estimate of drug-likeness (QED) is 0.774. The molecule has 108 valence electrons. The van der Waals surface area contributed by atoms with Crippen LogP contribution < -0.4 is 10.6 Å². The predicted octanol–water partition coefficient (Wildman–Crippen LogP) is 0.713. The van der Waals surface area contributed by atoms with Crippen molar-refractivity contribution in [3.05, 3.63) is 23.7 Å². The molecule has 2 aromatic heterocycles. The van der Waals surface area contributed by atoms with Gasteiger partial charge in [-0.25, -0.2) is 0 Å². The number of anilines is 1. The Morgan fingerprint density at radius 2 is 2.35 bits per heavy atom. The Kier molecular flexibility index (Phi) is 4.83. The zero-order valence-corrected chi connectivity index (χ0v) is 11.6. The summed E-state index contributed by atoms with van der Waals surface area (Å²) in [6.45, 7) is 5.83. The van der Waals surface area contributed by atoms with E-state index in [2.05, 4.69) is 26.1 Å². The Bertz CT molecular complexity index is 562. The van der Waals surface area contributed by atoms with E-state index in [1.807, 2.05) is 13.1 Å². The fourth-order valence-electron chi connectivity index (χ4n) is 1.63. The van der Waals surface area contributed by atoms with Crippen LogP contribution in [0, 0.1) is 6.92 Å². The van der Waals surface area contributed by atoms with Gasteiger partial charge >= 0.3 is 0 Å². The number of hydrogen-bond donors (Lipinski definition) is 2. The van der Waals surface area contributed by atoms with Crippen LogP contribution in [0.5, 0.6) is 0 Å². The molecule has 2 rings (SSSR count). The summed E-state index contributed by atoms with van der Waals surface area (Å²) >= 11 is 0. The topological polar surface area (TPSA) is 97.9 Å². The van der Waals surface area contributed by atoms with Crippen molar-refractivity contribution in [2.45, 2.75) is 33.4 Å². The Labute approximate surface area is 116 Å². The molecule has 0 unspecified atom stereocenters. The van der Waals surface area contributed by atoms with Gasteiger partial charge < -0.3 is 15.2 Å². The molecule has 0 aromatic carbocycles. The molecule has 2 heterocycles. The second-order valence-corrected chi connectivity index (χ2v) is 4.37. The Morgan fingerprint density at radius 3 is 3.05 bits per heavy atom. The lowest BCUT2D eigenvalue weighted by molar-refractivity contribution is -0.116. The van der Waals surface area contributed by atoms with Crippen LogP contribution in [0.1, 0.15) is 24.8 Å². The molecule has 0 saturated carbocycles. The molecule has 0 fully saturated rings. The van der Waals surface area contributed by atoms with Crippen molar-refractivity contribution >= 4 is 11.7 Å². The minimum absolute atomic E-state index is 0.137. The standard InChI is InChI=1S/C12H18N6O2/c1-3-13-7-10-8-18(17-15-10)5-4-12(19)14-11-6-9(2)20-16-11/h6,8,13H,3-5,7H2,1-2H3,(H,14,16,19). The summed E-state index contributed by atoms with van der Waals surface area (Å²) in [7, 11) is 0. The predicted molar refractivity (Wildman–Crippen MR) is 71.9 cm³/mol. The van der Waals surface area contributed by atoms with Crippen molar-refractivity contribution in [3.8, 4) is 0 Å². The van der Waals surface area contributed by atoms with Crippen molar-refractivity contribution < 1.29 is 9.32 Å². The van der Waals surface area contributed by atoms with Crippen molar-refractivity contribution in [1.29, 1.82) is 0 Å². The van der Waals surface area contributed by atoms with Gasteiger partial charge in [0, 0.05) is 25.2 Å². The van der Waals surface area contributed by atoms with Crippen molar-refractivity contribution in [1.82, 2.24) is 25.5 Å². The summed E-state index contributed by atoms with van der Waals surface area (Å²) in [6.07, 6.45) is 2.13. The largest absolute Gasteiger partial charge is 0.360 e. The number of amides is 1. The normalized spacial score (nSPS) is 10.7. The minimum Gasteiger partial charge on any atom is -0.360 e. The minimum atomic E-state index is -0.137. The van der Waals surface area contributed by atoms with Crippen LogP contribution in [0.2, 0.25) is 0 Å². The molecule has 0 aliphatic rings. The molecule has 0 saturated heterocycles. The highest BCUT2D eigenvalue weighted by molar-refractivity contribution is 5.89. The van der Waals surface area contributed by atoms with Gasteiger partial charge in [0.2, 0.25) is 5.91 Å². The fourth-order valence-corrected chi connectivity index (χ4v) is 1.63. The average molecular weight is 278 g/mol. The maximum atomic E-state index is 11.7. The van der Waals surface area contributed by atoms with Crippen LogP contribution in [-0.4, -0.2) is 32.6 Å². The molecule has 20 heavy (non-hydrogen) atoms. The number of carbonyl (C=O) groups excluding carboxylic acids is 1. The van der Waals surface area contributed by atoms with Gasteiger partial charge in [-0.05, 0) is 13.5 Å².